The second kappa shape index (κ2) is 6.43. The van der Waals surface area contributed by atoms with Crippen molar-refractivity contribution in [3.05, 3.63) is 42.2 Å². The van der Waals surface area contributed by atoms with Crippen LogP contribution in [0.1, 0.15) is 37.8 Å². The number of pyridine rings is 1. The van der Waals surface area contributed by atoms with E-state index in [9.17, 15) is 5.11 Å². The summed E-state index contributed by atoms with van der Waals surface area (Å²) in [6, 6.07) is 6.10. The minimum absolute atomic E-state index is 0.264. The van der Waals surface area contributed by atoms with Crippen molar-refractivity contribution in [3.63, 3.8) is 0 Å². The molecule has 0 aromatic carbocycles. The Morgan fingerprint density at radius 3 is 2.79 bits per heavy atom. The van der Waals surface area contributed by atoms with Gasteiger partial charge in [0, 0.05) is 24.4 Å². The SMILES string of the molecule is CC(C)n1ncnc1CC(O)CCc1ccccn1. The van der Waals surface area contributed by atoms with Gasteiger partial charge in [0.15, 0.2) is 0 Å². The predicted molar refractivity (Wildman–Crippen MR) is 72.7 cm³/mol. The van der Waals surface area contributed by atoms with Gasteiger partial charge in [0.25, 0.3) is 0 Å². The van der Waals surface area contributed by atoms with Crippen LogP contribution in [0, 0.1) is 0 Å². The van der Waals surface area contributed by atoms with E-state index in [-0.39, 0.29) is 6.04 Å². The average molecular weight is 260 g/mol. The maximum absolute atomic E-state index is 10.1. The standard InChI is InChI=1S/C14H20N4O/c1-11(2)18-14(16-10-17-18)9-13(19)7-6-12-5-3-4-8-15-12/h3-5,8,10-11,13,19H,6-7,9H2,1-2H3. The van der Waals surface area contributed by atoms with Crippen LogP contribution >= 0.6 is 0 Å². The van der Waals surface area contributed by atoms with Gasteiger partial charge in [0.2, 0.25) is 0 Å². The van der Waals surface area contributed by atoms with Gasteiger partial charge >= 0.3 is 0 Å². The first-order chi connectivity index (χ1) is 9.16. The third kappa shape index (κ3) is 3.86. The molecule has 2 heterocycles. The number of aliphatic hydroxyl groups is 1. The van der Waals surface area contributed by atoms with Crippen LogP contribution in [0.5, 0.6) is 0 Å². The van der Waals surface area contributed by atoms with Gasteiger partial charge in [-0.2, -0.15) is 5.10 Å². The quantitative estimate of drug-likeness (QED) is 0.860. The third-order valence-electron chi connectivity index (χ3n) is 3.01. The molecule has 1 N–H and O–H groups in total. The average Bonchev–Trinajstić information content (AvgIpc) is 2.86. The number of nitrogens with zero attached hydrogens (tertiary/aromatic N) is 4. The number of aliphatic hydroxyl groups excluding tert-OH is 1. The van der Waals surface area contributed by atoms with Crippen LogP contribution in [0.3, 0.4) is 0 Å². The smallest absolute Gasteiger partial charge is 0.138 e. The van der Waals surface area contributed by atoms with Crippen molar-refractivity contribution >= 4 is 0 Å². The molecule has 0 aliphatic heterocycles. The van der Waals surface area contributed by atoms with Crippen molar-refractivity contribution in [2.24, 2.45) is 0 Å². The van der Waals surface area contributed by atoms with E-state index in [1.165, 1.54) is 0 Å². The molecule has 1 unspecified atom stereocenters. The summed E-state index contributed by atoms with van der Waals surface area (Å²) in [5, 5.41) is 14.2. The fourth-order valence-electron chi connectivity index (χ4n) is 2.02. The van der Waals surface area contributed by atoms with E-state index in [0.29, 0.717) is 12.8 Å². The molecule has 0 spiro atoms. The molecule has 0 radical (unpaired) electrons. The summed E-state index contributed by atoms with van der Waals surface area (Å²) in [6.07, 6.45) is 4.90. The third-order valence-corrected chi connectivity index (χ3v) is 3.01. The Kier molecular flexibility index (Phi) is 4.63. The van der Waals surface area contributed by atoms with E-state index >= 15 is 0 Å². The van der Waals surface area contributed by atoms with Crippen LogP contribution in [0.4, 0.5) is 0 Å². The first kappa shape index (κ1) is 13.7. The highest BCUT2D eigenvalue weighted by molar-refractivity contribution is 5.03. The molecule has 19 heavy (non-hydrogen) atoms. The fourth-order valence-corrected chi connectivity index (χ4v) is 2.02. The van der Waals surface area contributed by atoms with Crippen molar-refractivity contribution in [3.8, 4) is 0 Å². The lowest BCUT2D eigenvalue weighted by Gasteiger charge is -2.13. The Hall–Kier alpha value is -1.75. The van der Waals surface area contributed by atoms with Crippen LogP contribution in [-0.4, -0.2) is 31.0 Å². The Balaban J connectivity index is 1.87. The molecular weight excluding hydrogens is 240 g/mol. The minimum Gasteiger partial charge on any atom is -0.393 e. The monoisotopic (exact) mass is 260 g/mol. The van der Waals surface area contributed by atoms with Crippen LogP contribution in [0.25, 0.3) is 0 Å². The van der Waals surface area contributed by atoms with Gasteiger partial charge in [-0.05, 0) is 38.8 Å². The highest BCUT2D eigenvalue weighted by atomic mass is 16.3. The van der Waals surface area contributed by atoms with Gasteiger partial charge in [-0.1, -0.05) is 6.07 Å². The summed E-state index contributed by atoms with van der Waals surface area (Å²) in [6.45, 7) is 4.11. The molecule has 2 aromatic rings. The molecular formula is C14H20N4O. The second-order valence-corrected chi connectivity index (χ2v) is 4.93. The molecule has 5 heteroatoms. The summed E-state index contributed by atoms with van der Waals surface area (Å²) < 4.78 is 1.85. The lowest BCUT2D eigenvalue weighted by Crippen LogP contribution is -2.17. The molecule has 0 amide bonds. The molecule has 1 atom stereocenters. The summed E-state index contributed by atoms with van der Waals surface area (Å²) in [4.78, 5) is 8.46. The number of hydrogen-bond acceptors (Lipinski definition) is 4. The highest BCUT2D eigenvalue weighted by Gasteiger charge is 2.13. The Morgan fingerprint density at radius 1 is 1.26 bits per heavy atom. The Morgan fingerprint density at radius 2 is 2.11 bits per heavy atom. The second-order valence-electron chi connectivity index (χ2n) is 4.93. The van der Waals surface area contributed by atoms with Crippen molar-refractivity contribution in [2.45, 2.75) is 45.3 Å². The lowest BCUT2D eigenvalue weighted by molar-refractivity contribution is 0.160. The van der Waals surface area contributed by atoms with E-state index in [0.717, 1.165) is 17.9 Å². The largest absolute Gasteiger partial charge is 0.393 e. The van der Waals surface area contributed by atoms with E-state index < -0.39 is 6.10 Å². The minimum atomic E-state index is -0.413. The number of aromatic nitrogens is 4. The summed E-state index contributed by atoms with van der Waals surface area (Å²) in [5.41, 5.74) is 1.01. The number of rotatable bonds is 6. The fraction of sp³-hybridized carbons (Fsp3) is 0.500. The normalized spacial score (nSPS) is 12.8. The molecule has 5 nitrogen and oxygen atoms in total. The molecule has 102 valence electrons. The number of hydrogen-bond donors (Lipinski definition) is 1. The van der Waals surface area contributed by atoms with Crippen LogP contribution in [0.15, 0.2) is 30.7 Å². The first-order valence-electron chi connectivity index (χ1n) is 6.63. The van der Waals surface area contributed by atoms with Crippen molar-refractivity contribution in [2.75, 3.05) is 0 Å². The van der Waals surface area contributed by atoms with Crippen LogP contribution in [0.2, 0.25) is 0 Å². The molecule has 0 fully saturated rings. The predicted octanol–water partition coefficient (Wildman–Crippen LogP) is 1.79. The van der Waals surface area contributed by atoms with E-state index in [4.69, 9.17) is 0 Å². The maximum Gasteiger partial charge on any atom is 0.138 e. The molecule has 0 saturated heterocycles. The summed E-state index contributed by atoms with van der Waals surface area (Å²) in [7, 11) is 0. The van der Waals surface area contributed by atoms with E-state index in [1.807, 2.05) is 22.9 Å². The molecule has 0 aliphatic rings. The zero-order valence-electron chi connectivity index (χ0n) is 11.4. The number of aryl methyl sites for hydroxylation is 1. The molecule has 0 saturated carbocycles. The summed E-state index contributed by atoms with van der Waals surface area (Å²) in [5.74, 6) is 0.837. The van der Waals surface area contributed by atoms with Crippen LogP contribution < -0.4 is 0 Å². The topological polar surface area (TPSA) is 63.8 Å². The van der Waals surface area contributed by atoms with Gasteiger partial charge in [-0.3, -0.25) is 4.98 Å². The molecule has 0 bridgehead atoms. The van der Waals surface area contributed by atoms with Gasteiger partial charge in [0.05, 0.1) is 6.10 Å². The van der Waals surface area contributed by atoms with E-state index in [1.54, 1.807) is 12.5 Å². The molecule has 2 rings (SSSR count). The zero-order valence-corrected chi connectivity index (χ0v) is 11.4. The zero-order chi connectivity index (χ0) is 13.7. The van der Waals surface area contributed by atoms with Gasteiger partial charge in [-0.25, -0.2) is 9.67 Å². The first-order valence-corrected chi connectivity index (χ1v) is 6.63. The lowest BCUT2D eigenvalue weighted by atomic mass is 10.1. The van der Waals surface area contributed by atoms with Gasteiger partial charge in [0.1, 0.15) is 12.2 Å². The summed E-state index contributed by atoms with van der Waals surface area (Å²) >= 11 is 0. The molecule has 0 aliphatic carbocycles. The van der Waals surface area contributed by atoms with Crippen LogP contribution in [-0.2, 0) is 12.8 Å². The van der Waals surface area contributed by atoms with Crippen molar-refractivity contribution < 1.29 is 5.11 Å². The Bertz CT molecular complexity index is 495. The molecule has 2 aromatic heterocycles. The Labute approximate surface area is 113 Å². The van der Waals surface area contributed by atoms with Crippen molar-refractivity contribution in [1.29, 1.82) is 0 Å². The van der Waals surface area contributed by atoms with Gasteiger partial charge < -0.3 is 5.11 Å². The highest BCUT2D eigenvalue weighted by Crippen LogP contribution is 2.10. The maximum atomic E-state index is 10.1. The van der Waals surface area contributed by atoms with Crippen molar-refractivity contribution in [1.82, 2.24) is 19.7 Å². The van der Waals surface area contributed by atoms with Gasteiger partial charge in [-0.15, -0.1) is 0 Å². The van der Waals surface area contributed by atoms with E-state index in [2.05, 4.69) is 28.9 Å².